The van der Waals surface area contributed by atoms with Crippen LogP contribution < -0.4 is 16.0 Å². The first kappa shape index (κ1) is 24.2. The second kappa shape index (κ2) is 11.0. The maximum absolute atomic E-state index is 14.0. The molecule has 4 rings (SSSR count). The van der Waals surface area contributed by atoms with Gasteiger partial charge in [0.25, 0.3) is 5.91 Å². The Hall–Kier alpha value is -3.92. The van der Waals surface area contributed by atoms with Gasteiger partial charge in [-0.05, 0) is 43.3 Å². The molecule has 184 valence electrons. The Kier molecular flexibility index (Phi) is 7.61. The van der Waals surface area contributed by atoms with Gasteiger partial charge < -0.3 is 20.7 Å². The lowest BCUT2D eigenvalue weighted by Crippen LogP contribution is -2.48. The highest BCUT2D eigenvalue weighted by Crippen LogP contribution is 2.20. The van der Waals surface area contributed by atoms with E-state index in [2.05, 4.69) is 15.3 Å². The third-order valence-electron chi connectivity index (χ3n) is 5.95. The second-order valence-electron chi connectivity index (χ2n) is 8.16. The number of piperazine rings is 1. The first-order valence-electron chi connectivity index (χ1n) is 11.6. The van der Waals surface area contributed by atoms with Crippen LogP contribution >= 0.6 is 0 Å². The van der Waals surface area contributed by atoms with E-state index in [0.717, 1.165) is 32.7 Å². The fourth-order valence-electron chi connectivity index (χ4n) is 4.03. The van der Waals surface area contributed by atoms with E-state index >= 15 is 0 Å². The van der Waals surface area contributed by atoms with Crippen LogP contribution in [0.4, 0.5) is 15.9 Å². The minimum Gasteiger partial charge on any atom is -0.462 e. The molecule has 0 spiro atoms. The molecule has 0 saturated carbocycles. The number of anilines is 2. The van der Waals surface area contributed by atoms with Crippen LogP contribution in [0.3, 0.4) is 0 Å². The van der Waals surface area contributed by atoms with E-state index in [1.54, 1.807) is 43.3 Å². The monoisotopic (exact) mass is 480 g/mol. The van der Waals surface area contributed by atoms with Gasteiger partial charge in [0.15, 0.2) is 0 Å². The molecular weight excluding hydrogens is 451 g/mol. The topological polar surface area (TPSA) is 106 Å². The van der Waals surface area contributed by atoms with Crippen molar-refractivity contribution < 1.29 is 18.7 Å². The minimum atomic E-state index is -0.527. The molecule has 1 aromatic heterocycles. The summed E-state index contributed by atoms with van der Waals surface area (Å²) in [6.07, 6.45) is 1.37. The van der Waals surface area contributed by atoms with Gasteiger partial charge in [-0.2, -0.15) is 5.10 Å². The number of nitrogen functional groups attached to an aromatic ring is 1. The average Bonchev–Trinajstić information content (AvgIpc) is 3.26. The molecule has 1 saturated heterocycles. The summed E-state index contributed by atoms with van der Waals surface area (Å²) >= 11 is 0. The molecule has 35 heavy (non-hydrogen) atoms. The van der Waals surface area contributed by atoms with Gasteiger partial charge in [0.05, 0.1) is 24.2 Å². The van der Waals surface area contributed by atoms with Crippen molar-refractivity contribution in [1.29, 1.82) is 0 Å². The molecule has 1 amide bonds. The van der Waals surface area contributed by atoms with Gasteiger partial charge in [-0.3, -0.25) is 9.69 Å². The molecule has 9 nitrogen and oxygen atoms in total. The number of rotatable bonds is 8. The number of carbonyl (C=O) groups excluding carboxylic acids is 2. The number of carbonyl (C=O) groups is 2. The number of nitrogens with one attached hydrogen (secondary N) is 1. The molecule has 2 heterocycles. The zero-order chi connectivity index (χ0) is 24.8. The third-order valence-corrected chi connectivity index (χ3v) is 5.95. The Morgan fingerprint density at radius 1 is 1.09 bits per heavy atom. The quantitative estimate of drug-likeness (QED) is 0.477. The Morgan fingerprint density at radius 2 is 1.80 bits per heavy atom. The summed E-state index contributed by atoms with van der Waals surface area (Å²) in [7, 11) is 0. The highest BCUT2D eigenvalue weighted by atomic mass is 19.1. The predicted octanol–water partition coefficient (Wildman–Crippen LogP) is 2.32. The summed E-state index contributed by atoms with van der Waals surface area (Å²) in [6, 6.07) is 13.6. The van der Waals surface area contributed by atoms with Crippen LogP contribution in [-0.2, 0) is 4.74 Å². The summed E-state index contributed by atoms with van der Waals surface area (Å²) in [6.45, 7) is 6.28. The van der Waals surface area contributed by atoms with Crippen molar-refractivity contribution in [3.8, 4) is 5.69 Å². The number of para-hydroxylation sites is 1. The van der Waals surface area contributed by atoms with E-state index in [1.807, 2.05) is 11.0 Å². The van der Waals surface area contributed by atoms with Crippen molar-refractivity contribution >= 4 is 23.4 Å². The summed E-state index contributed by atoms with van der Waals surface area (Å²) in [5.41, 5.74) is 8.01. The molecule has 2 aromatic carbocycles. The fraction of sp³-hybridized carbons (Fsp3) is 0.320. The van der Waals surface area contributed by atoms with Gasteiger partial charge in [-0.25, -0.2) is 13.9 Å². The van der Waals surface area contributed by atoms with Crippen molar-refractivity contribution in [2.45, 2.75) is 6.92 Å². The lowest BCUT2D eigenvalue weighted by Gasteiger charge is -2.36. The Morgan fingerprint density at radius 3 is 2.49 bits per heavy atom. The molecule has 0 atom stereocenters. The predicted molar refractivity (Wildman–Crippen MR) is 131 cm³/mol. The first-order chi connectivity index (χ1) is 17.0. The number of nitrogens with two attached hydrogens (primary N) is 1. The van der Waals surface area contributed by atoms with E-state index in [-0.39, 0.29) is 29.7 Å². The average molecular weight is 481 g/mol. The van der Waals surface area contributed by atoms with Gasteiger partial charge in [0, 0.05) is 44.8 Å². The van der Waals surface area contributed by atoms with Crippen molar-refractivity contribution in [3.05, 3.63) is 71.7 Å². The number of hydrogen-bond donors (Lipinski definition) is 2. The maximum Gasteiger partial charge on any atom is 0.343 e. The van der Waals surface area contributed by atoms with Gasteiger partial charge in [0.1, 0.15) is 17.2 Å². The van der Waals surface area contributed by atoms with Crippen LogP contribution in [0.2, 0.25) is 0 Å². The van der Waals surface area contributed by atoms with E-state index in [4.69, 9.17) is 10.5 Å². The van der Waals surface area contributed by atoms with Crippen LogP contribution in [0.1, 0.15) is 27.6 Å². The molecule has 0 unspecified atom stereocenters. The maximum atomic E-state index is 14.0. The second-order valence-corrected chi connectivity index (χ2v) is 8.16. The molecule has 0 bridgehead atoms. The fourth-order valence-corrected chi connectivity index (χ4v) is 4.03. The standard InChI is InChI=1S/C25H29FN6O3/c1-2-35-25(34)20-17-29-32(23(20)27)19-9-7-18(8-10-19)24(33)28-11-12-30-13-15-31(16-14-30)22-6-4-3-5-21(22)26/h3-10,17H,2,11-16,27H2,1H3,(H,28,33). The molecule has 10 heteroatoms. The smallest absolute Gasteiger partial charge is 0.343 e. The summed E-state index contributed by atoms with van der Waals surface area (Å²) < 4.78 is 20.4. The largest absolute Gasteiger partial charge is 0.462 e. The van der Waals surface area contributed by atoms with Gasteiger partial charge in [-0.15, -0.1) is 0 Å². The van der Waals surface area contributed by atoms with Crippen LogP contribution in [0, 0.1) is 5.82 Å². The SMILES string of the molecule is CCOC(=O)c1cnn(-c2ccc(C(=O)NCCN3CCN(c4ccccc4F)CC3)cc2)c1N. The Labute approximate surface area is 203 Å². The van der Waals surface area contributed by atoms with Gasteiger partial charge in [0.2, 0.25) is 0 Å². The van der Waals surface area contributed by atoms with E-state index in [1.165, 1.54) is 16.9 Å². The number of esters is 1. The molecule has 1 aliphatic rings. The molecule has 0 aliphatic carbocycles. The Bertz CT molecular complexity index is 1170. The lowest BCUT2D eigenvalue weighted by molar-refractivity contribution is 0.0527. The zero-order valence-electron chi connectivity index (χ0n) is 19.6. The van der Waals surface area contributed by atoms with Crippen LogP contribution in [0.25, 0.3) is 5.69 Å². The van der Waals surface area contributed by atoms with Gasteiger partial charge in [-0.1, -0.05) is 12.1 Å². The first-order valence-corrected chi connectivity index (χ1v) is 11.6. The van der Waals surface area contributed by atoms with E-state index < -0.39 is 5.97 Å². The minimum absolute atomic E-state index is 0.177. The van der Waals surface area contributed by atoms with Crippen LogP contribution in [-0.4, -0.2) is 72.4 Å². The summed E-state index contributed by atoms with van der Waals surface area (Å²) in [5, 5.41) is 7.09. The van der Waals surface area contributed by atoms with Crippen LogP contribution in [0.15, 0.2) is 54.7 Å². The van der Waals surface area contributed by atoms with E-state index in [9.17, 15) is 14.0 Å². The number of ether oxygens (including phenoxy) is 1. The number of amides is 1. The van der Waals surface area contributed by atoms with Crippen molar-refractivity contribution in [2.75, 3.05) is 56.5 Å². The van der Waals surface area contributed by atoms with Crippen molar-refractivity contribution in [2.24, 2.45) is 0 Å². The molecular formula is C25H29FN6O3. The molecule has 1 aliphatic heterocycles. The molecule has 1 fully saturated rings. The number of nitrogens with zero attached hydrogens (tertiary/aromatic N) is 4. The summed E-state index contributed by atoms with van der Waals surface area (Å²) in [4.78, 5) is 28.8. The third kappa shape index (κ3) is 5.60. The highest BCUT2D eigenvalue weighted by Gasteiger charge is 2.20. The number of hydrogen-bond acceptors (Lipinski definition) is 7. The molecule has 3 aromatic rings. The van der Waals surface area contributed by atoms with Crippen molar-refractivity contribution in [3.63, 3.8) is 0 Å². The van der Waals surface area contributed by atoms with E-state index in [0.29, 0.717) is 23.5 Å². The van der Waals surface area contributed by atoms with Crippen LogP contribution in [0.5, 0.6) is 0 Å². The highest BCUT2D eigenvalue weighted by molar-refractivity contribution is 5.95. The van der Waals surface area contributed by atoms with Crippen molar-refractivity contribution in [1.82, 2.24) is 20.0 Å². The number of aromatic nitrogens is 2. The molecule has 3 N–H and O–H groups in total. The molecule has 0 radical (unpaired) electrons. The number of halogens is 1. The zero-order valence-corrected chi connectivity index (χ0v) is 19.6. The van der Waals surface area contributed by atoms with Gasteiger partial charge >= 0.3 is 5.97 Å². The Balaban J connectivity index is 1.25. The summed E-state index contributed by atoms with van der Waals surface area (Å²) in [5.74, 6) is -0.729. The number of benzene rings is 2. The normalized spacial score (nSPS) is 14.1. The lowest BCUT2D eigenvalue weighted by atomic mass is 10.2.